The Kier molecular flexibility index (Phi) is 6.32. The van der Waals surface area contributed by atoms with E-state index in [1.165, 1.54) is 0 Å². The molecule has 0 saturated carbocycles. The van der Waals surface area contributed by atoms with Gasteiger partial charge in [0.15, 0.2) is 0 Å². The normalized spacial score (nSPS) is 15.9. The number of aryl methyl sites for hydroxylation is 1. The number of aliphatic hydroxyl groups excluding tert-OH is 1. The highest BCUT2D eigenvalue weighted by Crippen LogP contribution is 2.32. The molecule has 0 spiro atoms. The predicted octanol–water partition coefficient (Wildman–Crippen LogP) is 2.84. The molecular weight excluding hydrogens is 238 g/mol. The number of aliphatic hydroxyl groups is 1. The van der Waals surface area contributed by atoms with Crippen LogP contribution in [0.15, 0.2) is 18.2 Å². The second-order valence-electron chi connectivity index (χ2n) is 5.34. The highest BCUT2D eigenvalue weighted by molar-refractivity contribution is 5.40. The van der Waals surface area contributed by atoms with Crippen LogP contribution >= 0.6 is 0 Å². The predicted molar refractivity (Wildman–Crippen MR) is 79.6 cm³/mol. The van der Waals surface area contributed by atoms with Gasteiger partial charge >= 0.3 is 0 Å². The number of rotatable bonds is 7. The molecule has 0 aliphatic heterocycles. The zero-order valence-electron chi connectivity index (χ0n) is 12.5. The van der Waals surface area contributed by atoms with Crippen LogP contribution in [0.25, 0.3) is 0 Å². The van der Waals surface area contributed by atoms with Crippen LogP contribution in [0.3, 0.4) is 0 Å². The molecule has 0 amide bonds. The first-order valence-corrected chi connectivity index (χ1v) is 7.07. The van der Waals surface area contributed by atoms with Crippen LogP contribution in [0.4, 0.5) is 0 Å². The molecule has 0 heterocycles. The number of hydrogen-bond acceptors (Lipinski definition) is 3. The fourth-order valence-electron chi connectivity index (χ4n) is 2.62. The van der Waals surface area contributed by atoms with Gasteiger partial charge in [-0.25, -0.2) is 0 Å². The summed E-state index contributed by atoms with van der Waals surface area (Å²) in [6, 6.07) is 6.03. The molecular formula is C16H27NO2. The maximum absolute atomic E-state index is 10.5. The molecule has 3 unspecified atom stereocenters. The third-order valence-corrected chi connectivity index (χ3v) is 3.78. The molecule has 3 nitrogen and oxygen atoms in total. The lowest BCUT2D eigenvalue weighted by atomic mass is 9.84. The zero-order chi connectivity index (χ0) is 14.4. The molecule has 0 aromatic heterocycles. The van der Waals surface area contributed by atoms with Gasteiger partial charge in [-0.15, -0.1) is 0 Å². The molecule has 1 aromatic rings. The summed E-state index contributed by atoms with van der Waals surface area (Å²) in [5.74, 6) is 0.976. The van der Waals surface area contributed by atoms with Gasteiger partial charge in [-0.05, 0) is 25.3 Å². The van der Waals surface area contributed by atoms with E-state index in [2.05, 4.69) is 19.9 Å². The van der Waals surface area contributed by atoms with Crippen LogP contribution in [0.5, 0.6) is 5.75 Å². The van der Waals surface area contributed by atoms with E-state index in [4.69, 9.17) is 10.5 Å². The van der Waals surface area contributed by atoms with E-state index in [1.54, 1.807) is 7.11 Å². The first-order valence-electron chi connectivity index (χ1n) is 7.07. The summed E-state index contributed by atoms with van der Waals surface area (Å²) < 4.78 is 5.41. The highest BCUT2D eigenvalue weighted by atomic mass is 16.5. The summed E-state index contributed by atoms with van der Waals surface area (Å²) in [5.41, 5.74) is 8.07. The average molecular weight is 265 g/mol. The first-order chi connectivity index (χ1) is 9.04. The van der Waals surface area contributed by atoms with Gasteiger partial charge in [0.25, 0.3) is 0 Å². The summed E-state index contributed by atoms with van der Waals surface area (Å²) >= 11 is 0. The quantitative estimate of drug-likeness (QED) is 0.797. The van der Waals surface area contributed by atoms with Crippen molar-refractivity contribution in [2.75, 3.05) is 13.7 Å². The Labute approximate surface area is 116 Å². The van der Waals surface area contributed by atoms with Crippen molar-refractivity contribution in [3.8, 4) is 5.75 Å². The minimum atomic E-state index is -0.430. The molecule has 0 aliphatic carbocycles. The molecule has 19 heavy (non-hydrogen) atoms. The van der Waals surface area contributed by atoms with Crippen molar-refractivity contribution in [2.45, 2.75) is 45.6 Å². The van der Waals surface area contributed by atoms with Crippen molar-refractivity contribution >= 4 is 0 Å². The maximum atomic E-state index is 10.5. The van der Waals surface area contributed by atoms with Gasteiger partial charge in [-0.1, -0.05) is 38.0 Å². The minimum Gasteiger partial charge on any atom is -0.496 e. The monoisotopic (exact) mass is 265 g/mol. The smallest absolute Gasteiger partial charge is 0.122 e. The van der Waals surface area contributed by atoms with E-state index >= 15 is 0 Å². The highest BCUT2D eigenvalue weighted by Gasteiger charge is 2.27. The van der Waals surface area contributed by atoms with E-state index in [-0.39, 0.29) is 11.8 Å². The summed E-state index contributed by atoms with van der Waals surface area (Å²) in [4.78, 5) is 0. The van der Waals surface area contributed by atoms with Gasteiger partial charge in [0.1, 0.15) is 5.75 Å². The van der Waals surface area contributed by atoms with Gasteiger partial charge in [-0.2, -0.15) is 0 Å². The number of benzene rings is 1. The van der Waals surface area contributed by atoms with Crippen molar-refractivity contribution in [1.29, 1.82) is 0 Å². The average Bonchev–Trinajstić information content (AvgIpc) is 2.40. The third kappa shape index (κ3) is 3.95. The first kappa shape index (κ1) is 16.0. The summed E-state index contributed by atoms with van der Waals surface area (Å²) in [6.07, 6.45) is 1.65. The SMILES string of the molecule is CCCC(C)C(O)C(CN)c1cc(C)ccc1OC. The topological polar surface area (TPSA) is 55.5 Å². The molecule has 108 valence electrons. The second kappa shape index (κ2) is 7.51. The standard InChI is InChI=1S/C16H27NO2/c1-5-6-12(3)16(18)14(10-17)13-9-11(2)7-8-15(13)19-4/h7-9,12,14,16,18H,5-6,10,17H2,1-4H3. The largest absolute Gasteiger partial charge is 0.496 e. The summed E-state index contributed by atoms with van der Waals surface area (Å²) in [5, 5.41) is 10.5. The molecule has 0 bridgehead atoms. The molecule has 1 rings (SSSR count). The number of ether oxygens (including phenoxy) is 1. The van der Waals surface area contributed by atoms with E-state index in [1.807, 2.05) is 19.1 Å². The van der Waals surface area contributed by atoms with Crippen molar-refractivity contribution in [3.05, 3.63) is 29.3 Å². The fraction of sp³-hybridized carbons (Fsp3) is 0.625. The van der Waals surface area contributed by atoms with Crippen LogP contribution in [0, 0.1) is 12.8 Å². The van der Waals surface area contributed by atoms with Crippen LogP contribution < -0.4 is 10.5 Å². The van der Waals surface area contributed by atoms with E-state index in [0.717, 1.165) is 29.7 Å². The summed E-state index contributed by atoms with van der Waals surface area (Å²) in [7, 11) is 1.66. The molecule has 3 atom stereocenters. The molecule has 3 heteroatoms. The van der Waals surface area contributed by atoms with Crippen molar-refractivity contribution in [3.63, 3.8) is 0 Å². The third-order valence-electron chi connectivity index (χ3n) is 3.78. The van der Waals surface area contributed by atoms with E-state index < -0.39 is 6.10 Å². The Balaban J connectivity index is 3.05. The Morgan fingerprint density at radius 2 is 2.05 bits per heavy atom. The van der Waals surface area contributed by atoms with Crippen LogP contribution in [-0.2, 0) is 0 Å². The van der Waals surface area contributed by atoms with Crippen molar-refractivity contribution in [2.24, 2.45) is 11.7 Å². The van der Waals surface area contributed by atoms with Crippen LogP contribution in [0.1, 0.15) is 43.7 Å². The number of methoxy groups -OCH3 is 1. The molecule has 0 saturated heterocycles. The van der Waals surface area contributed by atoms with Crippen molar-refractivity contribution in [1.82, 2.24) is 0 Å². The van der Waals surface area contributed by atoms with E-state index in [0.29, 0.717) is 6.54 Å². The Morgan fingerprint density at radius 3 is 2.58 bits per heavy atom. The van der Waals surface area contributed by atoms with Crippen LogP contribution in [0.2, 0.25) is 0 Å². The van der Waals surface area contributed by atoms with Crippen LogP contribution in [-0.4, -0.2) is 24.9 Å². The van der Waals surface area contributed by atoms with Gasteiger partial charge in [0.05, 0.1) is 13.2 Å². The second-order valence-corrected chi connectivity index (χ2v) is 5.34. The van der Waals surface area contributed by atoms with Gasteiger partial charge in [0, 0.05) is 18.0 Å². The Hall–Kier alpha value is -1.06. The zero-order valence-corrected chi connectivity index (χ0v) is 12.5. The molecule has 1 aromatic carbocycles. The Morgan fingerprint density at radius 1 is 1.37 bits per heavy atom. The molecule has 0 radical (unpaired) electrons. The van der Waals surface area contributed by atoms with E-state index in [9.17, 15) is 5.11 Å². The lowest BCUT2D eigenvalue weighted by Gasteiger charge is -2.28. The molecule has 0 fully saturated rings. The van der Waals surface area contributed by atoms with Gasteiger partial charge < -0.3 is 15.6 Å². The molecule has 3 N–H and O–H groups in total. The number of nitrogens with two attached hydrogens (primary N) is 1. The minimum absolute atomic E-state index is 0.0728. The van der Waals surface area contributed by atoms with Crippen molar-refractivity contribution < 1.29 is 9.84 Å². The summed E-state index contributed by atoms with van der Waals surface area (Å²) in [6.45, 7) is 6.68. The maximum Gasteiger partial charge on any atom is 0.122 e. The number of hydrogen-bond donors (Lipinski definition) is 2. The Bertz CT molecular complexity index is 392. The fourth-order valence-corrected chi connectivity index (χ4v) is 2.62. The van der Waals surface area contributed by atoms with Gasteiger partial charge in [0.2, 0.25) is 0 Å². The lowest BCUT2D eigenvalue weighted by Crippen LogP contribution is -2.31. The van der Waals surface area contributed by atoms with Gasteiger partial charge in [-0.3, -0.25) is 0 Å². The molecule has 0 aliphatic rings. The lowest BCUT2D eigenvalue weighted by molar-refractivity contribution is 0.0850.